The highest BCUT2D eigenvalue weighted by Gasteiger charge is 2.45. The van der Waals surface area contributed by atoms with Gasteiger partial charge in [0.15, 0.2) is 0 Å². The molecule has 0 atom stereocenters. The van der Waals surface area contributed by atoms with Gasteiger partial charge in [-0.1, -0.05) is 41.5 Å². The van der Waals surface area contributed by atoms with Gasteiger partial charge in [-0.3, -0.25) is 0 Å². The Kier molecular flexibility index (Phi) is 7.12. The van der Waals surface area contributed by atoms with E-state index in [2.05, 4.69) is 64.9 Å². The van der Waals surface area contributed by atoms with Crippen LogP contribution in [0.5, 0.6) is 5.75 Å². The van der Waals surface area contributed by atoms with Crippen molar-refractivity contribution in [2.24, 2.45) is 0 Å². The van der Waals surface area contributed by atoms with Crippen molar-refractivity contribution in [3.8, 4) is 5.75 Å². The Bertz CT molecular complexity index is 642. The summed E-state index contributed by atoms with van der Waals surface area (Å²) in [5.74, 6) is -0.113. The Morgan fingerprint density at radius 3 is 2.00 bits per heavy atom. The molecule has 152 valence electrons. The van der Waals surface area contributed by atoms with Gasteiger partial charge in [0.25, 0.3) is 0 Å². The van der Waals surface area contributed by atoms with Crippen molar-refractivity contribution < 1.29 is 14.6 Å². The summed E-state index contributed by atoms with van der Waals surface area (Å²) in [6.07, 6.45) is 3.04. The third-order valence-electron chi connectivity index (χ3n) is 6.25. The average Bonchev–Trinajstić information content (AvgIpc) is 3.04. The fourth-order valence-corrected chi connectivity index (χ4v) is 14.1. The van der Waals surface area contributed by atoms with E-state index < -0.39 is 18.8 Å². The number of aliphatic carboxylic acids is 1. The van der Waals surface area contributed by atoms with Gasteiger partial charge in [0.2, 0.25) is 5.60 Å². The highest BCUT2D eigenvalue weighted by molar-refractivity contribution is 8.29. The molecule has 5 heteroatoms. The van der Waals surface area contributed by atoms with E-state index in [1.807, 2.05) is 13.0 Å². The van der Waals surface area contributed by atoms with E-state index in [1.165, 1.54) is 4.90 Å². The summed E-state index contributed by atoms with van der Waals surface area (Å²) < 4.78 is 6.09. The van der Waals surface area contributed by atoms with Crippen molar-refractivity contribution in [1.29, 1.82) is 0 Å². The van der Waals surface area contributed by atoms with Gasteiger partial charge in [0.05, 0.1) is 0 Å². The molecule has 0 spiro atoms. The van der Waals surface area contributed by atoms with Crippen molar-refractivity contribution >= 4 is 24.4 Å². The van der Waals surface area contributed by atoms with E-state index >= 15 is 0 Å². The molecule has 1 saturated carbocycles. The Balaban J connectivity index is 2.29. The Morgan fingerprint density at radius 2 is 1.59 bits per heavy atom. The summed E-state index contributed by atoms with van der Waals surface area (Å²) in [5, 5.41) is 9.68. The van der Waals surface area contributed by atoms with Crippen LogP contribution in [0.2, 0.25) is 16.6 Å². The fraction of sp³-hybridized carbons (Fsp3) is 0.682. The first-order valence-corrected chi connectivity index (χ1v) is 14.0. The molecule has 0 amide bonds. The van der Waals surface area contributed by atoms with Gasteiger partial charge in [-0.2, -0.15) is 11.2 Å². The largest absolute Gasteiger partial charge is 0.478 e. The minimum atomic E-state index is -1.60. The molecule has 0 unspecified atom stereocenters. The van der Waals surface area contributed by atoms with E-state index in [4.69, 9.17) is 4.74 Å². The van der Waals surface area contributed by atoms with E-state index in [0.717, 1.165) is 24.2 Å². The van der Waals surface area contributed by atoms with Crippen LogP contribution in [0.15, 0.2) is 23.1 Å². The molecule has 1 aromatic rings. The van der Waals surface area contributed by atoms with Crippen LogP contribution in [0.3, 0.4) is 0 Å². The lowest BCUT2D eigenvalue weighted by Crippen LogP contribution is -2.42. The van der Waals surface area contributed by atoms with Crippen LogP contribution in [-0.2, 0) is 4.79 Å². The average molecular weight is 409 g/mol. The van der Waals surface area contributed by atoms with E-state index in [-0.39, 0.29) is 0 Å². The van der Waals surface area contributed by atoms with E-state index in [9.17, 15) is 9.90 Å². The minimum absolute atomic E-state index is 0.600. The highest BCUT2D eigenvalue weighted by atomic mass is 32.4. The van der Waals surface area contributed by atoms with Crippen molar-refractivity contribution in [3.63, 3.8) is 0 Å². The van der Waals surface area contributed by atoms with E-state index in [1.54, 1.807) is 0 Å². The summed E-state index contributed by atoms with van der Waals surface area (Å²) in [6, 6.07) is 6.31. The van der Waals surface area contributed by atoms with Crippen LogP contribution < -0.4 is 4.74 Å². The zero-order valence-electron chi connectivity index (χ0n) is 18.0. The standard InChI is InChI=1S/C22H36O3SSi/c1-15(2)27(16(3)4,17(5)6)26-19-10-11-20(18(7)14-19)25-22(21(23)24)12-8-9-13-22/h10-11,14-17H,8-9,12-13H2,1-7H3,(H,23,24). The topological polar surface area (TPSA) is 46.5 Å². The molecule has 0 heterocycles. The second kappa shape index (κ2) is 8.60. The number of carboxylic acid groups (broad SMARTS) is 1. The molecule has 1 aromatic carbocycles. The van der Waals surface area contributed by atoms with Crippen molar-refractivity contribution in [3.05, 3.63) is 23.8 Å². The number of hydrogen-bond donors (Lipinski definition) is 1. The number of hydrogen-bond acceptors (Lipinski definition) is 3. The normalized spacial score (nSPS) is 17.1. The molecule has 1 N–H and O–H groups in total. The molecule has 0 bridgehead atoms. The van der Waals surface area contributed by atoms with Crippen LogP contribution in [0.25, 0.3) is 0 Å². The van der Waals surface area contributed by atoms with Gasteiger partial charge >= 0.3 is 5.97 Å². The van der Waals surface area contributed by atoms with Gasteiger partial charge in [-0.25, -0.2) is 4.79 Å². The Labute approximate surface area is 169 Å². The monoisotopic (exact) mass is 408 g/mol. The Morgan fingerprint density at radius 1 is 1.07 bits per heavy atom. The number of carbonyl (C=O) groups is 1. The number of benzene rings is 1. The summed E-state index contributed by atoms with van der Waals surface area (Å²) in [7, 11) is -1.60. The third-order valence-corrected chi connectivity index (χ3v) is 18.5. The molecule has 0 saturated heterocycles. The maximum absolute atomic E-state index is 11.8. The third kappa shape index (κ3) is 4.39. The first kappa shape index (κ1) is 22.3. The van der Waals surface area contributed by atoms with Crippen molar-refractivity contribution in [1.82, 2.24) is 0 Å². The zero-order valence-corrected chi connectivity index (χ0v) is 19.8. The summed E-state index contributed by atoms with van der Waals surface area (Å²) in [6.45, 7) is 16.3. The fourth-order valence-electron chi connectivity index (χ4n) is 4.87. The van der Waals surface area contributed by atoms with Crippen molar-refractivity contribution in [2.45, 2.75) is 101 Å². The lowest BCUT2D eigenvalue weighted by atomic mass is 10.0. The van der Waals surface area contributed by atoms with Gasteiger partial charge in [-0.15, -0.1) is 0 Å². The van der Waals surface area contributed by atoms with Gasteiger partial charge in [-0.05, 0) is 73.0 Å². The summed E-state index contributed by atoms with van der Waals surface area (Å²) in [5.41, 5.74) is 2.06. The molecule has 1 aliphatic rings. The van der Waals surface area contributed by atoms with Crippen LogP contribution in [0, 0.1) is 6.92 Å². The van der Waals surface area contributed by atoms with Crippen LogP contribution >= 0.6 is 11.2 Å². The summed E-state index contributed by atoms with van der Waals surface area (Å²) in [4.78, 5) is 13.1. The lowest BCUT2D eigenvalue weighted by molar-refractivity contribution is -0.154. The van der Waals surface area contributed by atoms with Crippen LogP contribution in [0.4, 0.5) is 0 Å². The smallest absolute Gasteiger partial charge is 0.348 e. The van der Waals surface area contributed by atoms with Gasteiger partial charge < -0.3 is 9.84 Å². The lowest BCUT2D eigenvalue weighted by Gasteiger charge is -2.42. The second-order valence-corrected chi connectivity index (χ2v) is 17.5. The number of ether oxygens (including phenoxy) is 1. The number of carboxylic acids is 1. The molecule has 3 nitrogen and oxygen atoms in total. The minimum Gasteiger partial charge on any atom is -0.478 e. The van der Waals surface area contributed by atoms with Gasteiger partial charge in [0.1, 0.15) is 13.0 Å². The first-order valence-electron chi connectivity index (χ1n) is 10.3. The number of rotatable bonds is 8. The maximum atomic E-state index is 11.8. The highest BCUT2D eigenvalue weighted by Crippen LogP contribution is 2.52. The van der Waals surface area contributed by atoms with Crippen LogP contribution in [0.1, 0.15) is 72.8 Å². The predicted molar refractivity (Wildman–Crippen MR) is 118 cm³/mol. The predicted octanol–water partition coefficient (Wildman–Crippen LogP) is 7.04. The molecule has 1 fully saturated rings. The quantitative estimate of drug-likeness (QED) is 0.469. The SMILES string of the molecule is Cc1cc(S[Si](C(C)C)(C(C)C)C(C)C)ccc1OC1(C(=O)O)CCCC1. The molecule has 0 aromatic heterocycles. The molecule has 1 aliphatic carbocycles. The number of aryl methyl sites for hydroxylation is 1. The molecule has 27 heavy (non-hydrogen) atoms. The Hall–Kier alpha value is -0.943. The molecular formula is C22H36O3SSi. The molecular weight excluding hydrogens is 372 g/mol. The van der Waals surface area contributed by atoms with Crippen molar-refractivity contribution in [2.75, 3.05) is 0 Å². The molecule has 2 rings (SSSR count). The van der Waals surface area contributed by atoms with E-state index in [0.29, 0.717) is 29.5 Å². The summed E-state index contributed by atoms with van der Waals surface area (Å²) >= 11 is 2.10. The molecule has 0 radical (unpaired) electrons. The molecule has 0 aliphatic heterocycles. The maximum Gasteiger partial charge on any atom is 0.348 e. The second-order valence-electron chi connectivity index (χ2n) is 8.96. The zero-order chi connectivity index (χ0) is 20.4. The van der Waals surface area contributed by atoms with Gasteiger partial charge in [0, 0.05) is 4.90 Å². The first-order chi connectivity index (χ1) is 12.5. The van der Waals surface area contributed by atoms with Crippen LogP contribution in [-0.4, -0.2) is 23.9 Å².